The maximum Gasteiger partial charge on any atom is 0.437 e. The fourth-order valence-corrected chi connectivity index (χ4v) is 3.79. The Labute approximate surface area is 154 Å². The molecule has 0 bridgehead atoms. The van der Waals surface area contributed by atoms with E-state index in [9.17, 15) is 27.9 Å². The topological polar surface area (TPSA) is 78.4 Å². The van der Waals surface area contributed by atoms with Crippen molar-refractivity contribution in [1.82, 2.24) is 10.6 Å². The summed E-state index contributed by atoms with van der Waals surface area (Å²) in [6.07, 6.45) is -5.28. The molecule has 1 aliphatic rings. The summed E-state index contributed by atoms with van der Waals surface area (Å²) in [6.45, 7) is 0. The van der Waals surface area contributed by atoms with Crippen molar-refractivity contribution in [3.05, 3.63) is 57.2 Å². The summed E-state index contributed by atoms with van der Waals surface area (Å²) in [4.78, 5) is 24.7. The first-order valence-corrected chi connectivity index (χ1v) is 8.60. The van der Waals surface area contributed by atoms with Gasteiger partial charge in [-0.05, 0) is 29.1 Å². The molecule has 3 rings (SSSR count). The first-order valence-electron chi connectivity index (χ1n) is 7.34. The van der Waals surface area contributed by atoms with Crippen molar-refractivity contribution in [3.8, 4) is 0 Å². The van der Waals surface area contributed by atoms with Crippen LogP contribution in [-0.4, -0.2) is 28.8 Å². The number of ketones is 1. The average molecular weight is 405 g/mol. The van der Waals surface area contributed by atoms with Crippen molar-refractivity contribution in [2.75, 3.05) is 0 Å². The number of hydrogen-bond donors (Lipinski definition) is 3. The Morgan fingerprint density at radius 3 is 2.58 bits per heavy atom. The molecule has 1 fully saturated rings. The van der Waals surface area contributed by atoms with Crippen molar-refractivity contribution in [2.24, 2.45) is 5.92 Å². The van der Waals surface area contributed by atoms with Crippen LogP contribution in [0.25, 0.3) is 0 Å². The molecule has 2 amide bonds. The maximum absolute atomic E-state index is 13.7. The number of nitrogens with one attached hydrogen (secondary N) is 2. The van der Waals surface area contributed by atoms with Gasteiger partial charge >= 0.3 is 12.2 Å². The number of halogens is 4. The molecule has 0 radical (unpaired) electrons. The Morgan fingerprint density at radius 1 is 1.27 bits per heavy atom. The van der Waals surface area contributed by atoms with Crippen molar-refractivity contribution in [2.45, 2.75) is 17.9 Å². The number of alkyl halides is 3. The lowest BCUT2D eigenvalue weighted by atomic mass is 9.78. The van der Waals surface area contributed by atoms with Crippen molar-refractivity contribution >= 4 is 34.8 Å². The van der Waals surface area contributed by atoms with Gasteiger partial charge in [-0.3, -0.25) is 4.79 Å². The van der Waals surface area contributed by atoms with Gasteiger partial charge in [-0.1, -0.05) is 29.8 Å². The molecular weight excluding hydrogens is 393 g/mol. The van der Waals surface area contributed by atoms with E-state index in [1.54, 1.807) is 0 Å². The summed E-state index contributed by atoms with van der Waals surface area (Å²) in [5, 5.41) is 15.9. The first kappa shape index (κ1) is 18.7. The van der Waals surface area contributed by atoms with Gasteiger partial charge in [0.2, 0.25) is 5.72 Å². The van der Waals surface area contributed by atoms with E-state index in [4.69, 9.17) is 11.6 Å². The minimum absolute atomic E-state index is 0.0302. The van der Waals surface area contributed by atoms with Crippen LogP contribution in [0.4, 0.5) is 18.0 Å². The van der Waals surface area contributed by atoms with Crippen LogP contribution in [0.2, 0.25) is 5.02 Å². The minimum Gasteiger partial charge on any atom is -0.363 e. The van der Waals surface area contributed by atoms with E-state index in [2.05, 4.69) is 5.32 Å². The number of urea groups is 1. The Balaban J connectivity index is 2.16. The Kier molecular flexibility index (Phi) is 4.72. The van der Waals surface area contributed by atoms with E-state index in [0.717, 1.165) is 11.3 Å². The second-order valence-electron chi connectivity index (χ2n) is 5.71. The summed E-state index contributed by atoms with van der Waals surface area (Å²) in [7, 11) is 0. The summed E-state index contributed by atoms with van der Waals surface area (Å²) in [5.41, 5.74) is -3.56. The molecule has 2 heterocycles. The monoisotopic (exact) mass is 404 g/mol. The number of thiophene rings is 1. The van der Waals surface area contributed by atoms with Gasteiger partial charge in [0.25, 0.3) is 0 Å². The lowest BCUT2D eigenvalue weighted by Gasteiger charge is -2.44. The highest BCUT2D eigenvalue weighted by molar-refractivity contribution is 7.12. The van der Waals surface area contributed by atoms with Crippen LogP contribution < -0.4 is 10.6 Å². The largest absolute Gasteiger partial charge is 0.437 e. The van der Waals surface area contributed by atoms with Crippen LogP contribution in [0.3, 0.4) is 0 Å². The van der Waals surface area contributed by atoms with Crippen LogP contribution in [0, 0.1) is 5.92 Å². The van der Waals surface area contributed by atoms with Crippen LogP contribution >= 0.6 is 22.9 Å². The first-order chi connectivity index (χ1) is 12.1. The summed E-state index contributed by atoms with van der Waals surface area (Å²) in [6, 6.07) is 5.93. The number of aliphatic hydroxyl groups is 1. The summed E-state index contributed by atoms with van der Waals surface area (Å²) < 4.78 is 41.0. The second-order valence-corrected chi connectivity index (χ2v) is 7.10. The number of Topliss-reactive ketones (excluding diaryl/α,β-unsaturated/α-hetero) is 1. The van der Waals surface area contributed by atoms with Gasteiger partial charge in [0.1, 0.15) is 5.92 Å². The number of carbonyl (C=O) groups excluding carboxylic acids is 2. The summed E-state index contributed by atoms with van der Waals surface area (Å²) in [5.74, 6) is -2.99. The van der Waals surface area contributed by atoms with E-state index in [1.807, 2.05) is 0 Å². The number of hydrogen-bond acceptors (Lipinski definition) is 4. The molecular formula is C16H12ClF3N2O3S. The molecule has 1 saturated heterocycles. The highest BCUT2D eigenvalue weighted by Gasteiger charge is 2.66. The molecule has 1 aromatic heterocycles. The molecule has 3 atom stereocenters. The van der Waals surface area contributed by atoms with Crippen molar-refractivity contribution in [1.29, 1.82) is 0 Å². The molecule has 2 aromatic rings. The predicted molar refractivity (Wildman–Crippen MR) is 89.0 cm³/mol. The number of amides is 2. The Hall–Kier alpha value is -2.10. The van der Waals surface area contributed by atoms with Crippen LogP contribution in [-0.2, 0) is 0 Å². The molecule has 10 heteroatoms. The zero-order valence-corrected chi connectivity index (χ0v) is 14.5. The molecule has 1 aliphatic heterocycles. The highest BCUT2D eigenvalue weighted by Crippen LogP contribution is 2.44. The van der Waals surface area contributed by atoms with E-state index in [1.165, 1.54) is 47.1 Å². The van der Waals surface area contributed by atoms with Gasteiger partial charge in [-0.25, -0.2) is 4.79 Å². The molecule has 26 heavy (non-hydrogen) atoms. The normalized spacial score (nSPS) is 26.1. The lowest BCUT2D eigenvalue weighted by molar-refractivity contribution is -0.287. The third-order valence-electron chi connectivity index (χ3n) is 4.06. The zero-order valence-electron chi connectivity index (χ0n) is 12.9. The van der Waals surface area contributed by atoms with Gasteiger partial charge in [-0.15, -0.1) is 11.3 Å². The standard InChI is InChI=1S/C16H12ClF3N2O3S/c17-9-4-1-3-8(7-9)12-11(13(23)10-5-2-6-26-10)15(25,16(18,19)20)22-14(24)21-12/h1-7,11-12,25H,(H2,21,22,24)/t11-,12-,15+/m1/s1. The molecule has 3 N–H and O–H groups in total. The SMILES string of the molecule is O=C1N[C@H](c2cccc(Cl)c2)[C@H](C(=O)c2cccs2)[C@](O)(C(F)(F)F)N1. The third-order valence-corrected chi connectivity index (χ3v) is 5.18. The third kappa shape index (κ3) is 3.17. The van der Waals surface area contributed by atoms with Gasteiger partial charge in [0.15, 0.2) is 5.78 Å². The van der Waals surface area contributed by atoms with Crippen molar-refractivity contribution < 1.29 is 27.9 Å². The maximum atomic E-state index is 13.7. The fraction of sp³-hybridized carbons (Fsp3) is 0.250. The number of rotatable bonds is 3. The fourth-order valence-electron chi connectivity index (χ4n) is 2.89. The molecule has 0 saturated carbocycles. The van der Waals surface area contributed by atoms with Gasteiger partial charge in [0, 0.05) is 5.02 Å². The van der Waals surface area contributed by atoms with E-state index < -0.39 is 35.7 Å². The second kappa shape index (κ2) is 6.57. The van der Waals surface area contributed by atoms with Gasteiger partial charge < -0.3 is 15.7 Å². The molecule has 1 aromatic carbocycles. The molecule has 0 unspecified atom stereocenters. The van der Waals surface area contributed by atoms with Crippen LogP contribution in [0.15, 0.2) is 41.8 Å². The molecule has 0 spiro atoms. The smallest absolute Gasteiger partial charge is 0.363 e. The molecule has 0 aliphatic carbocycles. The molecule has 138 valence electrons. The van der Waals surface area contributed by atoms with E-state index in [-0.39, 0.29) is 15.5 Å². The Morgan fingerprint density at radius 2 is 2.00 bits per heavy atom. The van der Waals surface area contributed by atoms with Gasteiger partial charge in [-0.2, -0.15) is 13.2 Å². The lowest BCUT2D eigenvalue weighted by Crippen LogP contribution is -2.72. The Bertz CT molecular complexity index is 844. The van der Waals surface area contributed by atoms with Crippen molar-refractivity contribution in [3.63, 3.8) is 0 Å². The quantitative estimate of drug-likeness (QED) is 0.685. The predicted octanol–water partition coefficient (Wildman–Crippen LogP) is 3.51. The summed E-state index contributed by atoms with van der Waals surface area (Å²) >= 11 is 6.84. The highest BCUT2D eigenvalue weighted by atomic mass is 35.5. The van der Waals surface area contributed by atoms with Gasteiger partial charge in [0.05, 0.1) is 10.9 Å². The van der Waals surface area contributed by atoms with E-state index in [0.29, 0.717) is 0 Å². The average Bonchev–Trinajstić information content (AvgIpc) is 3.07. The van der Waals surface area contributed by atoms with E-state index >= 15 is 0 Å². The number of benzene rings is 1. The van der Waals surface area contributed by atoms with Crippen LogP contribution in [0.1, 0.15) is 21.3 Å². The van der Waals surface area contributed by atoms with Crippen LogP contribution in [0.5, 0.6) is 0 Å². The number of carbonyl (C=O) groups is 2. The minimum atomic E-state index is -5.28. The zero-order chi connectivity index (χ0) is 19.1. The molecule has 5 nitrogen and oxygen atoms in total.